The number of benzene rings is 3. The van der Waals surface area contributed by atoms with Crippen molar-refractivity contribution in [2.24, 2.45) is 0 Å². The summed E-state index contributed by atoms with van der Waals surface area (Å²) in [5, 5.41) is 2.41. The lowest BCUT2D eigenvalue weighted by Gasteiger charge is -2.20. The van der Waals surface area contributed by atoms with Crippen molar-refractivity contribution < 1.29 is 31.1 Å². The number of ether oxygens (including phenoxy) is 1. The number of rotatable bonds is 6. The minimum absolute atomic E-state index is 0.00381. The zero-order valence-corrected chi connectivity index (χ0v) is 19.0. The highest BCUT2D eigenvalue weighted by Crippen LogP contribution is 2.35. The topological polar surface area (TPSA) is 75.7 Å². The summed E-state index contributed by atoms with van der Waals surface area (Å²) >= 11 is 6.20. The van der Waals surface area contributed by atoms with E-state index in [1.54, 1.807) is 12.1 Å². The molecule has 0 spiro atoms. The van der Waals surface area contributed by atoms with Crippen LogP contribution in [-0.2, 0) is 27.4 Å². The van der Waals surface area contributed by atoms with Gasteiger partial charge in [-0.15, -0.1) is 0 Å². The fraction of sp³-hybridized carbons (Fsp3) is 0.174. The molecule has 0 saturated heterocycles. The number of alkyl halides is 3. The van der Waals surface area contributed by atoms with Gasteiger partial charge < -0.3 is 10.1 Å². The van der Waals surface area contributed by atoms with Gasteiger partial charge in [0.05, 0.1) is 21.2 Å². The van der Waals surface area contributed by atoms with E-state index in [9.17, 15) is 26.4 Å². The molecule has 0 aromatic heterocycles. The van der Waals surface area contributed by atoms with Crippen LogP contribution < -0.4 is 14.4 Å². The Labute approximate surface area is 199 Å². The molecular formula is C23H18ClF3N2O4S. The molecule has 0 fully saturated rings. The summed E-state index contributed by atoms with van der Waals surface area (Å²) in [7, 11) is -3.84. The minimum atomic E-state index is -4.47. The van der Waals surface area contributed by atoms with Crippen LogP contribution in [0.5, 0.6) is 5.75 Å². The molecule has 178 valence electrons. The maximum Gasteiger partial charge on any atom is 0.416 e. The first-order valence-electron chi connectivity index (χ1n) is 10.1. The van der Waals surface area contributed by atoms with Crippen molar-refractivity contribution in [3.63, 3.8) is 0 Å². The van der Waals surface area contributed by atoms with Crippen LogP contribution in [0.25, 0.3) is 0 Å². The van der Waals surface area contributed by atoms with E-state index in [0.29, 0.717) is 18.7 Å². The second kappa shape index (κ2) is 9.19. The fourth-order valence-electron chi connectivity index (χ4n) is 3.53. The average Bonchev–Trinajstić information content (AvgIpc) is 3.23. The Morgan fingerprint density at radius 2 is 1.76 bits per heavy atom. The van der Waals surface area contributed by atoms with E-state index in [1.165, 1.54) is 22.5 Å². The fourth-order valence-corrected chi connectivity index (χ4v) is 5.36. The van der Waals surface area contributed by atoms with Gasteiger partial charge in [0.2, 0.25) is 0 Å². The number of carbonyl (C=O) groups excluding carboxylic acids is 1. The van der Waals surface area contributed by atoms with Gasteiger partial charge in [0.15, 0.2) is 6.61 Å². The number of carbonyl (C=O) groups is 1. The van der Waals surface area contributed by atoms with Crippen LogP contribution in [0.1, 0.15) is 11.1 Å². The summed E-state index contributed by atoms with van der Waals surface area (Å²) in [6, 6.07) is 15.1. The van der Waals surface area contributed by atoms with Crippen molar-refractivity contribution >= 4 is 38.9 Å². The van der Waals surface area contributed by atoms with Crippen LogP contribution in [0, 0.1) is 0 Å². The van der Waals surface area contributed by atoms with E-state index in [4.69, 9.17) is 16.3 Å². The standard InChI is InChI=1S/C23H18ClF3N2O4S/c24-19-13-18(34(31,32)29-12-11-15-3-1-2-4-20(15)29)9-10-21(19)33-14-22(30)28-17-7-5-16(6-8-17)23(25,26)27/h1-10,13H,11-12,14H2,(H,28,30). The molecule has 0 atom stereocenters. The van der Waals surface area contributed by atoms with Gasteiger partial charge in [-0.25, -0.2) is 8.42 Å². The molecule has 1 aliphatic rings. The molecule has 0 radical (unpaired) electrons. The Hall–Kier alpha value is -3.24. The number of nitrogens with one attached hydrogen (secondary N) is 1. The Balaban J connectivity index is 1.40. The van der Waals surface area contributed by atoms with Crippen LogP contribution in [-0.4, -0.2) is 27.5 Å². The number of amides is 1. The van der Waals surface area contributed by atoms with Gasteiger partial charge in [-0.05, 0) is 60.5 Å². The van der Waals surface area contributed by atoms with Gasteiger partial charge in [0.1, 0.15) is 5.75 Å². The summed E-state index contributed by atoms with van der Waals surface area (Å²) in [5.41, 5.74) is 0.899. The Kier molecular flexibility index (Phi) is 6.46. The summed E-state index contributed by atoms with van der Waals surface area (Å²) < 4.78 is 70.8. The van der Waals surface area contributed by atoms with Crippen LogP contribution in [0.4, 0.5) is 24.5 Å². The molecule has 34 heavy (non-hydrogen) atoms. The lowest BCUT2D eigenvalue weighted by atomic mass is 10.2. The van der Waals surface area contributed by atoms with Crippen molar-refractivity contribution in [1.29, 1.82) is 0 Å². The number of halogens is 4. The van der Waals surface area contributed by atoms with E-state index < -0.39 is 34.3 Å². The zero-order valence-electron chi connectivity index (χ0n) is 17.5. The SMILES string of the molecule is O=C(COc1ccc(S(=O)(=O)N2CCc3ccccc32)cc1Cl)Nc1ccc(C(F)(F)F)cc1. The van der Waals surface area contributed by atoms with Gasteiger partial charge in [-0.3, -0.25) is 9.10 Å². The van der Waals surface area contributed by atoms with Crippen molar-refractivity contribution in [3.05, 3.63) is 82.9 Å². The highest BCUT2D eigenvalue weighted by Gasteiger charge is 2.31. The summed E-state index contributed by atoms with van der Waals surface area (Å²) in [4.78, 5) is 12.1. The monoisotopic (exact) mass is 510 g/mol. The third kappa shape index (κ3) is 4.97. The van der Waals surface area contributed by atoms with E-state index in [0.717, 1.165) is 29.8 Å². The first-order valence-corrected chi connectivity index (χ1v) is 11.9. The smallest absolute Gasteiger partial charge is 0.416 e. The van der Waals surface area contributed by atoms with E-state index in [1.807, 2.05) is 12.1 Å². The summed E-state index contributed by atoms with van der Waals surface area (Å²) in [5.74, 6) is -0.536. The second-order valence-corrected chi connectivity index (χ2v) is 9.73. The molecule has 1 aliphatic heterocycles. The Morgan fingerprint density at radius 1 is 1.06 bits per heavy atom. The molecule has 0 aliphatic carbocycles. The Morgan fingerprint density at radius 3 is 2.44 bits per heavy atom. The lowest BCUT2D eigenvalue weighted by molar-refractivity contribution is -0.137. The summed E-state index contributed by atoms with van der Waals surface area (Å²) in [6.07, 6.45) is -3.86. The molecular weight excluding hydrogens is 493 g/mol. The van der Waals surface area contributed by atoms with E-state index in [2.05, 4.69) is 5.32 Å². The predicted molar refractivity (Wildman–Crippen MR) is 122 cm³/mol. The molecule has 0 saturated carbocycles. The van der Waals surface area contributed by atoms with Crippen LogP contribution in [0.3, 0.4) is 0 Å². The first-order chi connectivity index (χ1) is 16.1. The lowest BCUT2D eigenvalue weighted by Crippen LogP contribution is -2.29. The number of para-hydroxylation sites is 1. The first kappa shape index (κ1) is 23.9. The molecule has 1 N–H and O–H groups in total. The number of fused-ring (bicyclic) bond motifs is 1. The van der Waals surface area contributed by atoms with Crippen LogP contribution >= 0.6 is 11.6 Å². The number of anilines is 2. The summed E-state index contributed by atoms with van der Waals surface area (Å²) in [6.45, 7) is -0.159. The maximum atomic E-state index is 13.1. The van der Waals surface area contributed by atoms with Gasteiger partial charge in [0.25, 0.3) is 15.9 Å². The Bertz CT molecular complexity index is 1330. The zero-order chi connectivity index (χ0) is 24.5. The molecule has 11 heteroatoms. The quantitative estimate of drug-likeness (QED) is 0.499. The van der Waals surface area contributed by atoms with Crippen molar-refractivity contribution in [2.45, 2.75) is 17.5 Å². The van der Waals surface area contributed by atoms with Crippen molar-refractivity contribution in [1.82, 2.24) is 0 Å². The van der Waals surface area contributed by atoms with Gasteiger partial charge in [-0.1, -0.05) is 29.8 Å². The van der Waals surface area contributed by atoms with Gasteiger partial charge in [0, 0.05) is 12.2 Å². The number of hydrogen-bond acceptors (Lipinski definition) is 4. The molecule has 3 aromatic carbocycles. The van der Waals surface area contributed by atoms with Crippen molar-refractivity contribution in [2.75, 3.05) is 22.8 Å². The molecule has 6 nitrogen and oxygen atoms in total. The third-order valence-corrected chi connectivity index (χ3v) is 7.30. The van der Waals surface area contributed by atoms with Gasteiger partial charge >= 0.3 is 6.18 Å². The van der Waals surface area contributed by atoms with Crippen molar-refractivity contribution in [3.8, 4) is 5.75 Å². The number of nitrogens with zero attached hydrogens (tertiary/aromatic N) is 1. The predicted octanol–water partition coefficient (Wildman–Crippen LogP) is 5.13. The highest BCUT2D eigenvalue weighted by molar-refractivity contribution is 7.92. The average molecular weight is 511 g/mol. The van der Waals surface area contributed by atoms with E-state index >= 15 is 0 Å². The molecule has 0 unspecified atom stereocenters. The third-order valence-electron chi connectivity index (χ3n) is 5.19. The molecule has 3 aromatic rings. The normalized spacial score (nSPS) is 13.5. The van der Waals surface area contributed by atoms with E-state index in [-0.39, 0.29) is 21.4 Å². The molecule has 4 rings (SSSR count). The van der Waals surface area contributed by atoms with Crippen LogP contribution in [0.2, 0.25) is 5.02 Å². The number of hydrogen-bond donors (Lipinski definition) is 1. The second-order valence-electron chi connectivity index (χ2n) is 7.46. The largest absolute Gasteiger partial charge is 0.482 e. The molecule has 0 bridgehead atoms. The minimum Gasteiger partial charge on any atom is -0.482 e. The maximum absolute atomic E-state index is 13.1. The van der Waals surface area contributed by atoms with Crippen LogP contribution in [0.15, 0.2) is 71.6 Å². The highest BCUT2D eigenvalue weighted by atomic mass is 35.5. The molecule has 1 heterocycles. The molecule has 1 amide bonds. The number of sulfonamides is 1. The van der Waals surface area contributed by atoms with Gasteiger partial charge in [-0.2, -0.15) is 13.2 Å².